The lowest BCUT2D eigenvalue weighted by atomic mass is 10.2. The Balaban J connectivity index is 1.30. The number of rotatable bonds is 7. The number of nitrogens with zero attached hydrogens (tertiary/aromatic N) is 2. The molecule has 10 heteroatoms. The predicted molar refractivity (Wildman–Crippen MR) is 111 cm³/mol. The Morgan fingerprint density at radius 3 is 2.77 bits per heavy atom. The highest BCUT2D eigenvalue weighted by Crippen LogP contribution is 2.22. The third-order valence-corrected chi connectivity index (χ3v) is 5.37. The van der Waals surface area contributed by atoms with E-state index in [0.717, 1.165) is 0 Å². The van der Waals surface area contributed by atoms with Gasteiger partial charge < -0.3 is 15.3 Å². The molecule has 0 saturated carbocycles. The first-order chi connectivity index (χ1) is 14.5. The highest BCUT2D eigenvalue weighted by Gasteiger charge is 2.13. The van der Waals surface area contributed by atoms with Crippen LogP contribution in [0.3, 0.4) is 0 Å². The average molecular weight is 429 g/mol. The van der Waals surface area contributed by atoms with E-state index in [9.17, 15) is 18.4 Å². The first-order valence-corrected chi connectivity index (χ1v) is 10.2. The minimum Gasteiger partial charge on any atom is -0.349 e. The summed E-state index contributed by atoms with van der Waals surface area (Å²) in [4.78, 5) is 38.3. The van der Waals surface area contributed by atoms with Crippen LogP contribution in [0.25, 0.3) is 21.9 Å². The van der Waals surface area contributed by atoms with Crippen LogP contribution in [0.5, 0.6) is 0 Å². The van der Waals surface area contributed by atoms with E-state index in [0.29, 0.717) is 45.8 Å². The zero-order chi connectivity index (χ0) is 21.1. The van der Waals surface area contributed by atoms with E-state index in [-0.39, 0.29) is 16.9 Å². The molecule has 0 unspecified atom stereocenters. The first-order valence-electron chi connectivity index (χ1n) is 9.19. The molecule has 0 radical (unpaired) electrons. The van der Waals surface area contributed by atoms with Gasteiger partial charge in [0.25, 0.3) is 17.9 Å². The van der Waals surface area contributed by atoms with Crippen molar-refractivity contribution in [3.63, 3.8) is 0 Å². The van der Waals surface area contributed by atoms with Crippen molar-refractivity contribution in [1.29, 1.82) is 0 Å². The maximum Gasteiger partial charge on any atom is 0.287 e. The largest absolute Gasteiger partial charge is 0.349 e. The molecular weight excluding hydrogens is 412 g/mol. The fourth-order valence-corrected chi connectivity index (χ4v) is 3.74. The molecule has 3 N–H and O–H groups in total. The van der Waals surface area contributed by atoms with E-state index in [1.165, 1.54) is 30.0 Å². The number of carbonyl (C=O) groups excluding carboxylic acids is 1. The second-order valence-electron chi connectivity index (χ2n) is 6.51. The summed E-state index contributed by atoms with van der Waals surface area (Å²) in [5.41, 5.74) is 1.16. The van der Waals surface area contributed by atoms with Gasteiger partial charge in [-0.1, -0.05) is 30.0 Å². The summed E-state index contributed by atoms with van der Waals surface area (Å²) in [5.74, 6) is 0.302. The van der Waals surface area contributed by atoms with Gasteiger partial charge in [0, 0.05) is 17.9 Å². The number of benzene rings is 2. The minimum absolute atomic E-state index is 0.0737. The van der Waals surface area contributed by atoms with Crippen molar-refractivity contribution in [3.05, 3.63) is 64.2 Å². The summed E-state index contributed by atoms with van der Waals surface area (Å²) in [6, 6.07) is 11.2. The lowest BCUT2D eigenvalue weighted by molar-refractivity contribution is 0.0944. The summed E-state index contributed by atoms with van der Waals surface area (Å²) in [7, 11) is 0. The van der Waals surface area contributed by atoms with Crippen LogP contribution in [-0.4, -0.2) is 38.1 Å². The smallest absolute Gasteiger partial charge is 0.287 e. The summed E-state index contributed by atoms with van der Waals surface area (Å²) in [6.07, 6.45) is -1.94. The van der Waals surface area contributed by atoms with E-state index in [4.69, 9.17) is 0 Å². The van der Waals surface area contributed by atoms with Gasteiger partial charge in [0.05, 0.1) is 21.9 Å². The number of carbonyl (C=O) groups is 1. The second-order valence-corrected chi connectivity index (χ2v) is 7.59. The Bertz CT molecular complexity index is 1270. The fraction of sp³-hybridized carbons (Fsp3) is 0.200. The Morgan fingerprint density at radius 1 is 1.10 bits per heavy atom. The minimum atomic E-state index is -2.58. The zero-order valence-electron chi connectivity index (χ0n) is 15.6. The number of nitrogens with one attached hydrogen (secondary N) is 3. The number of halogens is 2. The molecule has 1 amide bonds. The lowest BCUT2D eigenvalue weighted by Gasteiger charge is -2.04. The standard InChI is InChI=1S/C20H17F2N5O2S/c21-16(22)11-6-7-14-15(10-11)25-17(24-14)19(29)23-8-3-9-30-20-26-13-5-2-1-4-12(13)18(28)27-20/h1-2,4-7,10,16H,3,8-9H2,(H,23,29)(H,24,25)(H,26,27,28). The molecular formula is C20H17F2N5O2S. The van der Waals surface area contributed by atoms with Gasteiger partial charge in [0.2, 0.25) is 0 Å². The summed E-state index contributed by atoms with van der Waals surface area (Å²) in [6.45, 7) is 0.392. The first kappa shape index (κ1) is 20.0. The summed E-state index contributed by atoms with van der Waals surface area (Å²) >= 11 is 1.39. The second kappa shape index (κ2) is 8.62. The number of amides is 1. The van der Waals surface area contributed by atoms with E-state index in [2.05, 4.69) is 25.3 Å². The van der Waals surface area contributed by atoms with Crippen LogP contribution >= 0.6 is 11.8 Å². The van der Waals surface area contributed by atoms with Crippen molar-refractivity contribution >= 4 is 39.6 Å². The van der Waals surface area contributed by atoms with E-state index >= 15 is 0 Å². The van der Waals surface area contributed by atoms with Gasteiger partial charge >= 0.3 is 0 Å². The van der Waals surface area contributed by atoms with E-state index in [1.54, 1.807) is 18.2 Å². The number of hydrogen-bond donors (Lipinski definition) is 3. The highest BCUT2D eigenvalue weighted by atomic mass is 32.2. The van der Waals surface area contributed by atoms with Crippen LogP contribution in [0, 0.1) is 0 Å². The Hall–Kier alpha value is -3.27. The molecule has 0 aliphatic carbocycles. The number of H-pyrrole nitrogens is 2. The molecule has 0 aliphatic rings. The Labute approximate surface area is 173 Å². The van der Waals surface area contributed by atoms with Crippen LogP contribution < -0.4 is 10.9 Å². The van der Waals surface area contributed by atoms with Gasteiger partial charge in [-0.25, -0.2) is 18.7 Å². The molecule has 7 nitrogen and oxygen atoms in total. The molecule has 0 aliphatic heterocycles. The molecule has 2 aromatic carbocycles. The molecule has 30 heavy (non-hydrogen) atoms. The lowest BCUT2D eigenvalue weighted by Crippen LogP contribution is -2.25. The van der Waals surface area contributed by atoms with Crippen molar-refractivity contribution in [2.24, 2.45) is 0 Å². The molecule has 0 fully saturated rings. The molecule has 0 spiro atoms. The maximum atomic E-state index is 12.8. The van der Waals surface area contributed by atoms with Gasteiger partial charge in [0.15, 0.2) is 11.0 Å². The number of para-hydroxylation sites is 1. The van der Waals surface area contributed by atoms with Crippen molar-refractivity contribution in [3.8, 4) is 0 Å². The summed E-state index contributed by atoms with van der Waals surface area (Å²) in [5, 5.41) is 3.81. The molecule has 4 rings (SSSR count). The summed E-state index contributed by atoms with van der Waals surface area (Å²) < 4.78 is 25.6. The van der Waals surface area contributed by atoms with Gasteiger partial charge in [-0.15, -0.1) is 0 Å². The number of hydrogen-bond acceptors (Lipinski definition) is 5. The van der Waals surface area contributed by atoms with Crippen LogP contribution in [0.2, 0.25) is 0 Å². The quantitative estimate of drug-likeness (QED) is 0.236. The van der Waals surface area contributed by atoms with E-state index < -0.39 is 12.3 Å². The van der Waals surface area contributed by atoms with E-state index in [1.807, 2.05) is 6.07 Å². The average Bonchev–Trinajstić information content (AvgIpc) is 3.17. The molecule has 154 valence electrons. The molecule has 0 bridgehead atoms. The number of aromatic amines is 2. The van der Waals surface area contributed by atoms with Crippen LogP contribution in [0.15, 0.2) is 52.4 Å². The molecule has 2 heterocycles. The van der Waals surface area contributed by atoms with Gasteiger partial charge in [-0.3, -0.25) is 9.59 Å². The Kier molecular flexibility index (Phi) is 5.75. The number of fused-ring (bicyclic) bond motifs is 2. The number of aromatic nitrogens is 4. The van der Waals surface area contributed by atoms with Gasteiger partial charge in [-0.05, 0) is 30.7 Å². The van der Waals surface area contributed by atoms with Gasteiger partial charge in [-0.2, -0.15) is 0 Å². The normalized spacial score (nSPS) is 11.4. The van der Waals surface area contributed by atoms with Crippen molar-refractivity contribution < 1.29 is 13.6 Å². The topological polar surface area (TPSA) is 104 Å². The van der Waals surface area contributed by atoms with Crippen LogP contribution in [-0.2, 0) is 0 Å². The van der Waals surface area contributed by atoms with Crippen LogP contribution in [0.4, 0.5) is 8.78 Å². The van der Waals surface area contributed by atoms with Crippen molar-refractivity contribution in [2.45, 2.75) is 18.0 Å². The number of imidazole rings is 1. The predicted octanol–water partition coefficient (Wildman–Crippen LogP) is 3.65. The Morgan fingerprint density at radius 2 is 1.93 bits per heavy atom. The maximum absolute atomic E-state index is 12.8. The number of alkyl halides is 2. The monoisotopic (exact) mass is 429 g/mol. The molecule has 4 aromatic rings. The zero-order valence-corrected chi connectivity index (χ0v) is 16.4. The third kappa shape index (κ3) is 4.33. The molecule has 2 aromatic heterocycles. The fourth-order valence-electron chi connectivity index (χ4n) is 2.93. The van der Waals surface area contributed by atoms with Crippen molar-refractivity contribution in [2.75, 3.05) is 12.3 Å². The highest BCUT2D eigenvalue weighted by molar-refractivity contribution is 7.99. The molecule has 0 atom stereocenters. The van der Waals surface area contributed by atoms with Gasteiger partial charge in [0.1, 0.15) is 0 Å². The van der Waals surface area contributed by atoms with Crippen LogP contribution in [0.1, 0.15) is 29.0 Å². The number of thioether (sulfide) groups is 1. The van der Waals surface area contributed by atoms with Crippen molar-refractivity contribution in [1.82, 2.24) is 25.3 Å². The third-order valence-electron chi connectivity index (χ3n) is 4.41. The SMILES string of the molecule is O=C(NCCCSc1nc2ccccc2c(=O)[nH]1)c1nc2ccc(C(F)F)cc2[nH]1. The molecule has 0 saturated heterocycles.